The quantitative estimate of drug-likeness (QED) is 0.781. The number of rotatable bonds is 2. The van der Waals surface area contributed by atoms with Crippen molar-refractivity contribution in [3.05, 3.63) is 18.0 Å². The summed E-state index contributed by atoms with van der Waals surface area (Å²) >= 11 is 0. The predicted octanol–water partition coefficient (Wildman–Crippen LogP) is 2.33. The van der Waals surface area contributed by atoms with Crippen molar-refractivity contribution in [2.24, 2.45) is 0 Å². The first kappa shape index (κ1) is 11.2. The van der Waals surface area contributed by atoms with Crippen molar-refractivity contribution in [1.29, 1.82) is 0 Å². The number of aromatic nitrogens is 2. The van der Waals surface area contributed by atoms with E-state index >= 15 is 0 Å². The summed E-state index contributed by atoms with van der Waals surface area (Å²) in [6, 6.07) is 0. The highest BCUT2D eigenvalue weighted by atomic mass is 16.4. The molecule has 1 fully saturated rings. The van der Waals surface area contributed by atoms with Gasteiger partial charge in [-0.3, -0.25) is 4.68 Å². The Balaban J connectivity index is 2.37. The second kappa shape index (κ2) is 4.28. The number of carboxylic acids is 1. The summed E-state index contributed by atoms with van der Waals surface area (Å²) in [6.45, 7) is 1.94. The third-order valence-electron chi connectivity index (χ3n) is 3.48. The molecule has 0 spiro atoms. The maximum absolute atomic E-state index is 11.6. The molecule has 0 radical (unpaired) electrons. The van der Waals surface area contributed by atoms with E-state index in [0.29, 0.717) is 12.8 Å². The normalized spacial score (nSPS) is 20.3. The van der Waals surface area contributed by atoms with Crippen LogP contribution < -0.4 is 0 Å². The molecule has 0 atom stereocenters. The second-order valence-electron chi connectivity index (χ2n) is 4.71. The molecule has 16 heavy (non-hydrogen) atoms. The number of nitrogens with zero attached hydrogens (tertiary/aromatic N) is 2. The van der Waals surface area contributed by atoms with E-state index in [9.17, 15) is 9.90 Å². The van der Waals surface area contributed by atoms with Gasteiger partial charge in [0.15, 0.2) is 5.54 Å². The van der Waals surface area contributed by atoms with Crippen LogP contribution in [0.4, 0.5) is 0 Å². The van der Waals surface area contributed by atoms with Crippen LogP contribution in [0.25, 0.3) is 0 Å². The van der Waals surface area contributed by atoms with Crippen LogP contribution in [0.5, 0.6) is 0 Å². The summed E-state index contributed by atoms with van der Waals surface area (Å²) in [5.41, 5.74) is 0.218. The van der Waals surface area contributed by atoms with Gasteiger partial charge in [-0.2, -0.15) is 5.10 Å². The zero-order valence-electron chi connectivity index (χ0n) is 9.65. The SMILES string of the molecule is Cc1cnn(C2(C(=O)O)CCCCCC2)c1. The Morgan fingerprint density at radius 2 is 2.00 bits per heavy atom. The Morgan fingerprint density at radius 1 is 1.38 bits per heavy atom. The minimum atomic E-state index is -0.801. The number of hydrogen-bond acceptors (Lipinski definition) is 2. The maximum Gasteiger partial charge on any atom is 0.331 e. The Kier molecular flexibility index (Phi) is 2.99. The lowest BCUT2D eigenvalue weighted by Crippen LogP contribution is -2.42. The largest absolute Gasteiger partial charge is 0.479 e. The van der Waals surface area contributed by atoms with Crippen LogP contribution in [0, 0.1) is 6.92 Å². The minimum absolute atomic E-state index is 0.698. The van der Waals surface area contributed by atoms with E-state index in [1.165, 1.54) is 0 Å². The fraction of sp³-hybridized carbons (Fsp3) is 0.667. The summed E-state index contributed by atoms with van der Waals surface area (Å²) < 4.78 is 1.66. The van der Waals surface area contributed by atoms with Crippen molar-refractivity contribution in [2.45, 2.75) is 51.0 Å². The highest BCUT2D eigenvalue weighted by Gasteiger charge is 2.41. The molecule has 0 aliphatic heterocycles. The number of carboxylic acid groups (broad SMARTS) is 1. The van der Waals surface area contributed by atoms with Crippen molar-refractivity contribution in [3.63, 3.8) is 0 Å². The predicted molar refractivity (Wildman–Crippen MR) is 60.3 cm³/mol. The topological polar surface area (TPSA) is 55.1 Å². The molecule has 4 heteroatoms. The fourth-order valence-electron chi connectivity index (χ4n) is 2.50. The van der Waals surface area contributed by atoms with Gasteiger partial charge in [-0.1, -0.05) is 25.7 Å². The van der Waals surface area contributed by atoms with E-state index in [1.807, 2.05) is 13.1 Å². The molecule has 2 rings (SSSR count). The molecule has 1 heterocycles. The van der Waals surface area contributed by atoms with Crippen LogP contribution >= 0.6 is 0 Å². The average Bonchev–Trinajstić information content (AvgIpc) is 2.55. The van der Waals surface area contributed by atoms with Gasteiger partial charge in [0, 0.05) is 6.20 Å². The van der Waals surface area contributed by atoms with Crippen molar-refractivity contribution >= 4 is 5.97 Å². The summed E-state index contributed by atoms with van der Waals surface area (Å²) in [6.07, 6.45) is 9.20. The van der Waals surface area contributed by atoms with Gasteiger partial charge in [0.2, 0.25) is 0 Å². The molecule has 1 aromatic heterocycles. The van der Waals surface area contributed by atoms with Crippen molar-refractivity contribution < 1.29 is 9.90 Å². The van der Waals surface area contributed by atoms with E-state index in [0.717, 1.165) is 31.2 Å². The zero-order chi connectivity index (χ0) is 11.6. The van der Waals surface area contributed by atoms with Crippen LogP contribution in [0.2, 0.25) is 0 Å². The first-order chi connectivity index (χ1) is 7.65. The molecule has 0 amide bonds. The molecule has 0 saturated heterocycles. The van der Waals surface area contributed by atoms with Gasteiger partial charge in [0.1, 0.15) is 0 Å². The zero-order valence-corrected chi connectivity index (χ0v) is 9.65. The minimum Gasteiger partial charge on any atom is -0.479 e. The Hall–Kier alpha value is -1.32. The summed E-state index contributed by atoms with van der Waals surface area (Å²) in [7, 11) is 0. The molecule has 1 aliphatic rings. The molecule has 0 aromatic carbocycles. The monoisotopic (exact) mass is 222 g/mol. The first-order valence-corrected chi connectivity index (χ1v) is 5.90. The Labute approximate surface area is 95.3 Å². The van der Waals surface area contributed by atoms with Crippen molar-refractivity contribution in [2.75, 3.05) is 0 Å². The molecular formula is C12H18N2O2. The van der Waals surface area contributed by atoms with Crippen LogP contribution in [0.1, 0.15) is 44.1 Å². The molecule has 1 aliphatic carbocycles. The van der Waals surface area contributed by atoms with Gasteiger partial charge < -0.3 is 5.11 Å². The summed E-state index contributed by atoms with van der Waals surface area (Å²) in [5, 5.41) is 13.7. The van der Waals surface area contributed by atoms with Gasteiger partial charge in [0.05, 0.1) is 6.20 Å². The maximum atomic E-state index is 11.6. The lowest BCUT2D eigenvalue weighted by Gasteiger charge is -2.28. The van der Waals surface area contributed by atoms with E-state index in [-0.39, 0.29) is 0 Å². The van der Waals surface area contributed by atoms with Crippen LogP contribution in [-0.2, 0) is 10.3 Å². The van der Waals surface area contributed by atoms with E-state index in [1.54, 1.807) is 10.9 Å². The second-order valence-corrected chi connectivity index (χ2v) is 4.71. The lowest BCUT2D eigenvalue weighted by atomic mass is 9.90. The van der Waals surface area contributed by atoms with Gasteiger partial charge in [0.25, 0.3) is 0 Å². The molecule has 1 N–H and O–H groups in total. The molecular weight excluding hydrogens is 204 g/mol. The molecule has 0 unspecified atom stereocenters. The number of carbonyl (C=O) groups is 1. The van der Waals surface area contributed by atoms with Crippen molar-refractivity contribution in [3.8, 4) is 0 Å². The van der Waals surface area contributed by atoms with E-state index in [4.69, 9.17) is 0 Å². The third-order valence-corrected chi connectivity index (χ3v) is 3.48. The third kappa shape index (κ3) is 1.84. The van der Waals surface area contributed by atoms with Gasteiger partial charge in [-0.05, 0) is 25.3 Å². The highest BCUT2D eigenvalue weighted by molar-refractivity contribution is 5.76. The molecule has 4 nitrogen and oxygen atoms in total. The van der Waals surface area contributed by atoms with Gasteiger partial charge >= 0.3 is 5.97 Å². The summed E-state index contributed by atoms with van der Waals surface area (Å²) in [5.74, 6) is -0.738. The molecule has 88 valence electrons. The summed E-state index contributed by atoms with van der Waals surface area (Å²) in [4.78, 5) is 11.6. The smallest absolute Gasteiger partial charge is 0.331 e. The fourth-order valence-corrected chi connectivity index (χ4v) is 2.50. The number of aliphatic carboxylic acids is 1. The van der Waals surface area contributed by atoms with Crippen molar-refractivity contribution in [1.82, 2.24) is 9.78 Å². The molecule has 0 bridgehead atoms. The first-order valence-electron chi connectivity index (χ1n) is 5.90. The molecule has 1 aromatic rings. The van der Waals surface area contributed by atoms with E-state index in [2.05, 4.69) is 5.10 Å². The van der Waals surface area contributed by atoms with E-state index < -0.39 is 11.5 Å². The van der Waals surface area contributed by atoms with Crippen LogP contribution in [-0.4, -0.2) is 20.9 Å². The highest BCUT2D eigenvalue weighted by Crippen LogP contribution is 2.33. The van der Waals surface area contributed by atoms with Gasteiger partial charge in [-0.15, -0.1) is 0 Å². The van der Waals surface area contributed by atoms with Crippen LogP contribution in [0.3, 0.4) is 0 Å². The Bertz CT molecular complexity index is 376. The number of aryl methyl sites for hydroxylation is 1. The Morgan fingerprint density at radius 3 is 2.44 bits per heavy atom. The van der Waals surface area contributed by atoms with Gasteiger partial charge in [-0.25, -0.2) is 4.79 Å². The lowest BCUT2D eigenvalue weighted by molar-refractivity contribution is -0.149. The number of hydrogen-bond donors (Lipinski definition) is 1. The standard InChI is InChI=1S/C12H18N2O2/c1-10-8-13-14(9-10)12(11(15)16)6-4-2-3-5-7-12/h8-9H,2-7H2,1H3,(H,15,16). The average molecular weight is 222 g/mol. The van der Waals surface area contributed by atoms with Crippen LogP contribution in [0.15, 0.2) is 12.4 Å². The molecule has 1 saturated carbocycles.